The Balaban J connectivity index is 4.12. The molecule has 11 heavy (non-hydrogen) atoms. The molecule has 3 nitrogen and oxygen atoms in total. The molecule has 0 heterocycles. The second kappa shape index (κ2) is 4.11. The molecule has 0 saturated heterocycles. The zero-order valence-electron chi connectivity index (χ0n) is 7.38. The van der Waals surface area contributed by atoms with Gasteiger partial charge in [0.2, 0.25) is 0 Å². The van der Waals surface area contributed by atoms with Crippen LogP contribution in [0.2, 0.25) is 0 Å². The fourth-order valence-electron chi connectivity index (χ4n) is 0.867. The Morgan fingerprint density at radius 1 is 1.18 bits per heavy atom. The largest absolute Gasteiger partial charge is 0.454 e. The summed E-state index contributed by atoms with van der Waals surface area (Å²) in [6.45, 7) is 6.41. The summed E-state index contributed by atoms with van der Waals surface area (Å²) in [6.07, 6.45) is -0.576. The van der Waals surface area contributed by atoms with Crippen LogP contribution in [0.1, 0.15) is 27.7 Å². The highest BCUT2D eigenvalue weighted by atomic mass is 16.5. The van der Waals surface area contributed by atoms with E-state index in [0.717, 1.165) is 0 Å². The molecule has 0 aromatic rings. The van der Waals surface area contributed by atoms with Crippen molar-refractivity contribution in [1.29, 1.82) is 0 Å². The number of ketones is 1. The van der Waals surface area contributed by atoms with E-state index in [1.807, 2.05) is 13.8 Å². The SMILES string of the molecule is CC(=O)O[C@@H](C(C)=O)C(C)C. The first-order valence-electron chi connectivity index (χ1n) is 3.62. The normalized spacial score (nSPS) is 12.8. The van der Waals surface area contributed by atoms with Crippen LogP contribution in [0, 0.1) is 5.92 Å². The van der Waals surface area contributed by atoms with E-state index >= 15 is 0 Å². The van der Waals surface area contributed by atoms with Crippen LogP contribution < -0.4 is 0 Å². The summed E-state index contributed by atoms with van der Waals surface area (Å²) in [4.78, 5) is 21.3. The van der Waals surface area contributed by atoms with Gasteiger partial charge in [-0.15, -0.1) is 0 Å². The molecular weight excluding hydrogens is 144 g/mol. The number of carbonyl (C=O) groups excluding carboxylic acids is 2. The third-order valence-corrected chi connectivity index (χ3v) is 1.30. The number of Topliss-reactive ketones (excluding diaryl/α,β-unsaturated/α-hetero) is 1. The summed E-state index contributed by atoms with van der Waals surface area (Å²) >= 11 is 0. The Bertz CT molecular complexity index is 161. The van der Waals surface area contributed by atoms with E-state index in [2.05, 4.69) is 0 Å². The number of esters is 1. The van der Waals surface area contributed by atoms with Gasteiger partial charge in [-0.25, -0.2) is 0 Å². The second-order valence-electron chi connectivity index (χ2n) is 2.88. The third kappa shape index (κ3) is 3.75. The standard InChI is InChI=1S/C8H14O3/c1-5(2)8(6(3)9)11-7(4)10/h5,8H,1-4H3/t8-/m1/s1. The van der Waals surface area contributed by atoms with Gasteiger partial charge in [0.05, 0.1) is 0 Å². The lowest BCUT2D eigenvalue weighted by Gasteiger charge is -2.16. The molecule has 0 aliphatic rings. The monoisotopic (exact) mass is 158 g/mol. The first-order chi connectivity index (χ1) is 4.95. The molecule has 0 aromatic carbocycles. The van der Waals surface area contributed by atoms with E-state index in [1.54, 1.807) is 0 Å². The summed E-state index contributed by atoms with van der Waals surface area (Å²) in [6, 6.07) is 0. The lowest BCUT2D eigenvalue weighted by atomic mass is 10.0. The van der Waals surface area contributed by atoms with Crippen LogP contribution in [0.5, 0.6) is 0 Å². The summed E-state index contributed by atoms with van der Waals surface area (Å²) in [5.74, 6) is -0.453. The molecule has 0 radical (unpaired) electrons. The number of carbonyl (C=O) groups is 2. The van der Waals surface area contributed by atoms with E-state index in [1.165, 1.54) is 13.8 Å². The highest BCUT2D eigenvalue weighted by molar-refractivity contribution is 5.83. The van der Waals surface area contributed by atoms with Gasteiger partial charge in [-0.05, 0) is 12.8 Å². The van der Waals surface area contributed by atoms with E-state index in [-0.39, 0.29) is 11.7 Å². The zero-order valence-corrected chi connectivity index (χ0v) is 7.38. The minimum Gasteiger partial charge on any atom is -0.454 e. The van der Waals surface area contributed by atoms with Crippen molar-refractivity contribution in [2.45, 2.75) is 33.8 Å². The Morgan fingerprint density at radius 2 is 1.64 bits per heavy atom. The van der Waals surface area contributed by atoms with Crippen molar-refractivity contribution < 1.29 is 14.3 Å². The first kappa shape index (κ1) is 10.1. The molecular formula is C8H14O3. The maximum Gasteiger partial charge on any atom is 0.303 e. The molecule has 0 unspecified atom stereocenters. The summed E-state index contributed by atoms with van der Waals surface area (Å²) in [5, 5.41) is 0. The number of hydrogen-bond donors (Lipinski definition) is 0. The third-order valence-electron chi connectivity index (χ3n) is 1.30. The molecule has 0 aromatic heterocycles. The fraction of sp³-hybridized carbons (Fsp3) is 0.750. The lowest BCUT2D eigenvalue weighted by Crippen LogP contribution is -2.29. The molecule has 0 spiro atoms. The van der Waals surface area contributed by atoms with Crippen LogP contribution in [-0.2, 0) is 14.3 Å². The summed E-state index contributed by atoms with van der Waals surface area (Å²) in [5.41, 5.74) is 0. The molecule has 0 rings (SSSR count). The van der Waals surface area contributed by atoms with E-state index in [4.69, 9.17) is 4.74 Å². The van der Waals surface area contributed by atoms with Gasteiger partial charge in [-0.2, -0.15) is 0 Å². The molecule has 64 valence electrons. The van der Waals surface area contributed by atoms with Crippen molar-refractivity contribution >= 4 is 11.8 Å². The van der Waals surface area contributed by atoms with Crippen LogP contribution in [0.4, 0.5) is 0 Å². The zero-order chi connectivity index (χ0) is 9.02. The molecule has 0 aliphatic carbocycles. The van der Waals surface area contributed by atoms with E-state index < -0.39 is 12.1 Å². The Kier molecular flexibility index (Phi) is 3.79. The van der Waals surface area contributed by atoms with Crippen molar-refractivity contribution in [2.75, 3.05) is 0 Å². The highest BCUT2D eigenvalue weighted by Gasteiger charge is 2.20. The summed E-state index contributed by atoms with van der Waals surface area (Å²) in [7, 11) is 0. The van der Waals surface area contributed by atoms with Crippen LogP contribution in [0.25, 0.3) is 0 Å². The molecule has 3 heteroatoms. The number of ether oxygens (including phenoxy) is 1. The van der Waals surface area contributed by atoms with Crippen molar-refractivity contribution in [3.05, 3.63) is 0 Å². The van der Waals surface area contributed by atoms with E-state index in [0.29, 0.717) is 0 Å². The van der Waals surface area contributed by atoms with Gasteiger partial charge in [-0.3, -0.25) is 9.59 Å². The van der Waals surface area contributed by atoms with Crippen molar-refractivity contribution in [1.82, 2.24) is 0 Å². The molecule has 0 bridgehead atoms. The smallest absolute Gasteiger partial charge is 0.303 e. The predicted octanol–water partition coefficient (Wildman–Crippen LogP) is 1.16. The second-order valence-corrected chi connectivity index (χ2v) is 2.88. The van der Waals surface area contributed by atoms with Gasteiger partial charge in [0.15, 0.2) is 11.9 Å². The van der Waals surface area contributed by atoms with Crippen molar-refractivity contribution in [3.63, 3.8) is 0 Å². The fourth-order valence-corrected chi connectivity index (χ4v) is 0.867. The first-order valence-corrected chi connectivity index (χ1v) is 3.62. The molecule has 0 aliphatic heterocycles. The average Bonchev–Trinajstić information content (AvgIpc) is 1.81. The van der Waals surface area contributed by atoms with Gasteiger partial charge >= 0.3 is 5.97 Å². The quantitative estimate of drug-likeness (QED) is 0.579. The van der Waals surface area contributed by atoms with Gasteiger partial charge < -0.3 is 4.74 Å². The Hall–Kier alpha value is -0.860. The number of rotatable bonds is 3. The highest BCUT2D eigenvalue weighted by Crippen LogP contribution is 2.07. The van der Waals surface area contributed by atoms with Crippen LogP contribution in [0.15, 0.2) is 0 Å². The minimum atomic E-state index is -0.576. The molecule has 0 N–H and O–H groups in total. The average molecular weight is 158 g/mol. The van der Waals surface area contributed by atoms with Crippen LogP contribution in [0.3, 0.4) is 0 Å². The molecule has 0 saturated carbocycles. The molecule has 1 atom stereocenters. The summed E-state index contributed by atoms with van der Waals surface area (Å²) < 4.78 is 4.78. The maximum absolute atomic E-state index is 10.8. The number of hydrogen-bond acceptors (Lipinski definition) is 3. The lowest BCUT2D eigenvalue weighted by molar-refractivity contribution is -0.154. The van der Waals surface area contributed by atoms with E-state index in [9.17, 15) is 9.59 Å². The Morgan fingerprint density at radius 3 is 1.73 bits per heavy atom. The van der Waals surface area contributed by atoms with Gasteiger partial charge in [0.25, 0.3) is 0 Å². The van der Waals surface area contributed by atoms with Crippen molar-refractivity contribution in [2.24, 2.45) is 5.92 Å². The minimum absolute atomic E-state index is 0.0522. The molecule has 0 fully saturated rings. The van der Waals surface area contributed by atoms with Gasteiger partial charge in [0.1, 0.15) is 0 Å². The van der Waals surface area contributed by atoms with Gasteiger partial charge in [-0.1, -0.05) is 13.8 Å². The molecule has 0 amide bonds. The Labute approximate surface area is 66.7 Å². The maximum atomic E-state index is 10.8. The van der Waals surface area contributed by atoms with Crippen LogP contribution in [-0.4, -0.2) is 17.9 Å². The topological polar surface area (TPSA) is 43.4 Å². The van der Waals surface area contributed by atoms with Crippen molar-refractivity contribution in [3.8, 4) is 0 Å². The van der Waals surface area contributed by atoms with Gasteiger partial charge in [0, 0.05) is 6.92 Å². The predicted molar refractivity (Wildman–Crippen MR) is 41.1 cm³/mol. The van der Waals surface area contributed by atoms with Crippen LogP contribution >= 0.6 is 0 Å².